The fraction of sp³-hybridized carbons (Fsp3) is 0.440. The molecule has 0 unspecified atom stereocenters. The van der Waals surface area contributed by atoms with Gasteiger partial charge < -0.3 is 5.32 Å². The number of nitrogens with zero attached hydrogens (tertiary/aromatic N) is 4. The molecule has 0 saturated heterocycles. The first-order valence-corrected chi connectivity index (χ1v) is 11.5. The molecule has 2 heterocycles. The number of carbonyl (C=O) groups is 1. The summed E-state index contributed by atoms with van der Waals surface area (Å²) in [5, 5.41) is 7.25. The molecule has 1 aromatic carbocycles. The van der Waals surface area contributed by atoms with Crippen molar-refractivity contribution in [3.63, 3.8) is 0 Å². The van der Waals surface area contributed by atoms with Gasteiger partial charge in [0.1, 0.15) is 5.78 Å². The summed E-state index contributed by atoms with van der Waals surface area (Å²) >= 11 is 0. The second kappa shape index (κ2) is 9.95. The van der Waals surface area contributed by atoms with Crippen LogP contribution < -0.4 is 5.32 Å². The Morgan fingerprint density at radius 3 is 2.59 bits per heavy atom. The molecular weight excluding hydrogens is 443 g/mol. The normalized spacial score (nSPS) is 18.6. The van der Waals surface area contributed by atoms with Crippen molar-refractivity contribution < 1.29 is 18.0 Å². The molecule has 0 radical (unpaired) electrons. The molecule has 34 heavy (non-hydrogen) atoms. The maximum atomic E-state index is 12.9. The number of anilines is 2. The van der Waals surface area contributed by atoms with Crippen molar-refractivity contribution in [2.24, 2.45) is 18.9 Å². The minimum atomic E-state index is -4.15. The summed E-state index contributed by atoms with van der Waals surface area (Å²) in [5.41, 5.74) is 4.61. The van der Waals surface area contributed by atoms with Gasteiger partial charge in [-0.15, -0.1) is 0 Å². The van der Waals surface area contributed by atoms with Gasteiger partial charge in [-0.25, -0.2) is 9.97 Å². The van der Waals surface area contributed by atoms with Crippen LogP contribution in [0, 0.1) is 18.8 Å². The van der Waals surface area contributed by atoms with E-state index in [1.807, 2.05) is 44.4 Å². The van der Waals surface area contributed by atoms with Gasteiger partial charge >= 0.3 is 6.18 Å². The number of rotatable bonds is 7. The number of nitrogens with one attached hydrogen (secondary N) is 1. The number of hydrogen-bond donors (Lipinski definition) is 1. The fourth-order valence-corrected chi connectivity index (χ4v) is 4.53. The smallest absolute Gasteiger partial charge is 0.321 e. The average molecular weight is 472 g/mol. The Morgan fingerprint density at radius 1 is 1.18 bits per heavy atom. The quantitative estimate of drug-likeness (QED) is 0.472. The van der Waals surface area contributed by atoms with E-state index in [4.69, 9.17) is 0 Å². The summed E-state index contributed by atoms with van der Waals surface area (Å²) in [5.74, 6) is -0.956. The Labute approximate surface area is 196 Å². The number of halogens is 3. The van der Waals surface area contributed by atoms with Gasteiger partial charge in [0.2, 0.25) is 5.95 Å². The first-order valence-electron chi connectivity index (χ1n) is 11.5. The molecule has 1 fully saturated rings. The van der Waals surface area contributed by atoms with Crippen LogP contribution in [-0.2, 0) is 18.3 Å². The number of benzene rings is 1. The van der Waals surface area contributed by atoms with Crippen LogP contribution in [0.15, 0.2) is 42.9 Å². The Bertz CT molecular complexity index is 1150. The largest absolute Gasteiger partial charge is 0.391 e. The van der Waals surface area contributed by atoms with Crippen LogP contribution in [0.3, 0.4) is 0 Å². The van der Waals surface area contributed by atoms with Crippen LogP contribution in [0.1, 0.15) is 43.2 Å². The lowest BCUT2D eigenvalue weighted by molar-refractivity contribution is -0.184. The van der Waals surface area contributed by atoms with Crippen LogP contribution in [0.4, 0.5) is 24.8 Å². The van der Waals surface area contributed by atoms with Crippen molar-refractivity contribution in [2.45, 2.75) is 51.6 Å². The summed E-state index contributed by atoms with van der Waals surface area (Å²) < 4.78 is 40.3. The minimum Gasteiger partial charge on any atom is -0.321 e. The van der Waals surface area contributed by atoms with Crippen LogP contribution >= 0.6 is 0 Å². The Hall–Kier alpha value is -3.23. The van der Waals surface area contributed by atoms with E-state index in [0.29, 0.717) is 31.6 Å². The van der Waals surface area contributed by atoms with E-state index >= 15 is 0 Å². The molecule has 0 aliphatic heterocycles. The highest BCUT2D eigenvalue weighted by molar-refractivity contribution is 5.81. The fourth-order valence-electron chi connectivity index (χ4n) is 4.53. The Kier molecular flexibility index (Phi) is 7.00. The predicted molar refractivity (Wildman–Crippen MR) is 124 cm³/mol. The number of carbonyl (C=O) groups excluding carboxylic acids is 1. The molecule has 4 rings (SSSR count). The van der Waals surface area contributed by atoms with Crippen molar-refractivity contribution in [3.8, 4) is 11.3 Å². The zero-order valence-electron chi connectivity index (χ0n) is 19.3. The molecule has 1 aliphatic carbocycles. The first kappa shape index (κ1) is 23.9. The summed E-state index contributed by atoms with van der Waals surface area (Å²) in [6.07, 6.45) is 2.80. The minimum absolute atomic E-state index is 0.0597. The highest BCUT2D eigenvalue weighted by atomic mass is 19.4. The van der Waals surface area contributed by atoms with Gasteiger partial charge in [0, 0.05) is 37.3 Å². The molecule has 2 aromatic heterocycles. The molecule has 0 atom stereocenters. The molecular formula is C25H28F3N5O. The zero-order chi connectivity index (χ0) is 24.3. The Balaban J connectivity index is 1.35. The second-order valence-electron chi connectivity index (χ2n) is 8.99. The number of Topliss-reactive ketones (excluding diaryl/α,β-unsaturated/α-hetero) is 1. The van der Waals surface area contributed by atoms with Crippen molar-refractivity contribution in [1.82, 2.24) is 19.7 Å². The maximum absolute atomic E-state index is 12.9. The van der Waals surface area contributed by atoms with Crippen molar-refractivity contribution in [3.05, 3.63) is 54.0 Å². The second-order valence-corrected chi connectivity index (χ2v) is 8.99. The van der Waals surface area contributed by atoms with E-state index in [-0.39, 0.29) is 24.5 Å². The van der Waals surface area contributed by atoms with Crippen molar-refractivity contribution >= 4 is 17.4 Å². The molecule has 0 spiro atoms. The average Bonchev–Trinajstić information content (AvgIpc) is 3.22. The number of aryl methyl sites for hydroxylation is 3. The van der Waals surface area contributed by atoms with Crippen LogP contribution in [0.5, 0.6) is 0 Å². The molecule has 0 amide bonds. The molecule has 9 heteroatoms. The van der Waals surface area contributed by atoms with Gasteiger partial charge in [0.25, 0.3) is 0 Å². The highest BCUT2D eigenvalue weighted by Gasteiger charge is 2.42. The van der Waals surface area contributed by atoms with Gasteiger partial charge in [-0.3, -0.25) is 9.48 Å². The topological polar surface area (TPSA) is 72.7 Å². The third kappa shape index (κ3) is 5.81. The van der Waals surface area contributed by atoms with Gasteiger partial charge in [-0.2, -0.15) is 18.3 Å². The summed E-state index contributed by atoms with van der Waals surface area (Å²) in [6, 6.07) is 7.83. The molecule has 1 N–H and O–H groups in total. The van der Waals surface area contributed by atoms with Crippen LogP contribution in [0.2, 0.25) is 0 Å². The first-order chi connectivity index (χ1) is 16.2. The lowest BCUT2D eigenvalue weighted by atomic mass is 9.78. The molecule has 1 aliphatic rings. The standard InChI is InChI=1S/C25H28F3N5O/c1-16-13-19(22-11-12-29-24(32-22)31-21-14-30-33(2)15-21)4-3-17(16)7-10-23(34)18-5-8-20(9-6-18)25(26,27)28/h3-4,11-15,18,20H,5-10H2,1-2H3,(H,29,31,32). The highest BCUT2D eigenvalue weighted by Crippen LogP contribution is 2.40. The van der Waals surface area contributed by atoms with E-state index in [1.165, 1.54) is 0 Å². The Morgan fingerprint density at radius 2 is 1.94 bits per heavy atom. The van der Waals surface area contributed by atoms with Gasteiger partial charge in [0.05, 0.1) is 23.5 Å². The lowest BCUT2D eigenvalue weighted by Gasteiger charge is -2.29. The summed E-state index contributed by atoms with van der Waals surface area (Å²) in [6.45, 7) is 1.99. The van der Waals surface area contributed by atoms with E-state index in [1.54, 1.807) is 17.1 Å². The third-order valence-corrected chi connectivity index (χ3v) is 6.54. The van der Waals surface area contributed by atoms with E-state index in [2.05, 4.69) is 20.4 Å². The van der Waals surface area contributed by atoms with E-state index in [0.717, 1.165) is 28.1 Å². The lowest BCUT2D eigenvalue weighted by Crippen LogP contribution is -2.30. The van der Waals surface area contributed by atoms with Crippen molar-refractivity contribution in [2.75, 3.05) is 5.32 Å². The number of aromatic nitrogens is 4. The van der Waals surface area contributed by atoms with Gasteiger partial charge in [-0.1, -0.05) is 12.1 Å². The summed E-state index contributed by atoms with van der Waals surface area (Å²) in [7, 11) is 1.83. The van der Waals surface area contributed by atoms with Crippen LogP contribution in [0.25, 0.3) is 11.3 Å². The summed E-state index contributed by atoms with van der Waals surface area (Å²) in [4.78, 5) is 21.5. The SMILES string of the molecule is Cc1cc(-c2ccnc(Nc3cnn(C)c3)n2)ccc1CCC(=O)C1CCC(C(F)(F)F)CC1. The van der Waals surface area contributed by atoms with Crippen molar-refractivity contribution in [1.29, 1.82) is 0 Å². The maximum Gasteiger partial charge on any atom is 0.391 e. The monoisotopic (exact) mass is 471 g/mol. The van der Waals surface area contributed by atoms with Gasteiger partial charge in [-0.05, 0) is 62.3 Å². The van der Waals surface area contributed by atoms with E-state index in [9.17, 15) is 18.0 Å². The molecule has 0 bridgehead atoms. The third-order valence-electron chi connectivity index (χ3n) is 6.54. The van der Waals surface area contributed by atoms with E-state index < -0.39 is 12.1 Å². The zero-order valence-corrected chi connectivity index (χ0v) is 19.3. The molecule has 3 aromatic rings. The van der Waals surface area contributed by atoms with Crippen LogP contribution in [-0.4, -0.2) is 31.7 Å². The number of hydrogen-bond acceptors (Lipinski definition) is 5. The molecule has 1 saturated carbocycles. The number of ketones is 1. The number of alkyl halides is 3. The molecule has 180 valence electrons. The molecule has 6 nitrogen and oxygen atoms in total. The predicted octanol–water partition coefficient (Wildman–Crippen LogP) is 5.80. The van der Waals surface area contributed by atoms with Gasteiger partial charge in [0.15, 0.2) is 0 Å².